The molecule has 1 aromatic heterocycles. The summed E-state index contributed by atoms with van der Waals surface area (Å²) in [5, 5.41) is 9.18. The molecule has 0 fully saturated rings. The summed E-state index contributed by atoms with van der Waals surface area (Å²) < 4.78 is 5.63. The highest BCUT2D eigenvalue weighted by Crippen LogP contribution is 2.07. The van der Waals surface area contributed by atoms with Crippen molar-refractivity contribution in [3.8, 4) is 5.75 Å². The van der Waals surface area contributed by atoms with Crippen molar-refractivity contribution in [3.63, 3.8) is 0 Å². The minimum atomic E-state index is -0.150. The molecule has 0 spiro atoms. The van der Waals surface area contributed by atoms with Gasteiger partial charge in [-0.05, 0) is 31.2 Å². The standard InChI is InChI=1S/C19H25N5O2.HI/c1-2-21-19(24-13-14-26-17-8-4-3-5-9-17)23-12-11-22-18(25)16-7-6-10-20-15-16;/h3-10,15H,2,11-14H2,1H3,(H,22,25)(H2,21,23,24);1H. The number of nitrogens with one attached hydrogen (secondary N) is 3. The maximum atomic E-state index is 11.9. The van der Waals surface area contributed by atoms with Gasteiger partial charge in [-0.2, -0.15) is 0 Å². The van der Waals surface area contributed by atoms with Crippen molar-refractivity contribution in [2.24, 2.45) is 4.99 Å². The van der Waals surface area contributed by atoms with Crippen LogP contribution in [-0.4, -0.2) is 49.6 Å². The summed E-state index contributed by atoms with van der Waals surface area (Å²) >= 11 is 0. The number of para-hydroxylation sites is 1. The molecule has 27 heavy (non-hydrogen) atoms. The van der Waals surface area contributed by atoms with Gasteiger partial charge in [-0.1, -0.05) is 18.2 Å². The van der Waals surface area contributed by atoms with E-state index in [2.05, 4.69) is 25.9 Å². The Morgan fingerprint density at radius 1 is 1.07 bits per heavy atom. The summed E-state index contributed by atoms with van der Waals surface area (Å²) in [6.07, 6.45) is 3.17. The van der Waals surface area contributed by atoms with E-state index in [1.165, 1.54) is 6.20 Å². The molecule has 0 saturated carbocycles. The van der Waals surface area contributed by atoms with Crippen LogP contribution in [0.25, 0.3) is 0 Å². The van der Waals surface area contributed by atoms with Gasteiger partial charge in [0, 0.05) is 25.5 Å². The third-order valence-electron chi connectivity index (χ3n) is 3.34. The highest BCUT2D eigenvalue weighted by molar-refractivity contribution is 14.0. The van der Waals surface area contributed by atoms with Crippen LogP contribution in [0.4, 0.5) is 0 Å². The smallest absolute Gasteiger partial charge is 0.252 e. The van der Waals surface area contributed by atoms with Crippen LogP contribution in [0.5, 0.6) is 5.75 Å². The van der Waals surface area contributed by atoms with E-state index >= 15 is 0 Å². The largest absolute Gasteiger partial charge is 0.492 e. The number of benzene rings is 1. The molecule has 1 aromatic carbocycles. The zero-order valence-electron chi connectivity index (χ0n) is 15.4. The van der Waals surface area contributed by atoms with Crippen LogP contribution < -0.4 is 20.7 Å². The molecular formula is C19H26IN5O2. The van der Waals surface area contributed by atoms with Crippen molar-refractivity contribution in [2.45, 2.75) is 6.92 Å². The number of hydrogen-bond donors (Lipinski definition) is 3. The number of amides is 1. The van der Waals surface area contributed by atoms with Gasteiger partial charge >= 0.3 is 0 Å². The molecule has 0 unspecified atom stereocenters. The molecule has 0 aliphatic rings. The Hall–Kier alpha value is -2.36. The summed E-state index contributed by atoms with van der Waals surface area (Å²) in [6, 6.07) is 13.1. The number of rotatable bonds is 9. The van der Waals surface area contributed by atoms with E-state index in [0.717, 1.165) is 12.3 Å². The van der Waals surface area contributed by atoms with Crippen molar-refractivity contribution < 1.29 is 9.53 Å². The number of nitrogens with zero attached hydrogens (tertiary/aromatic N) is 2. The van der Waals surface area contributed by atoms with Crippen LogP contribution in [0.2, 0.25) is 0 Å². The Kier molecular flexibility index (Phi) is 11.6. The maximum Gasteiger partial charge on any atom is 0.252 e. The van der Waals surface area contributed by atoms with E-state index in [1.54, 1.807) is 18.3 Å². The third kappa shape index (κ3) is 9.23. The molecule has 3 N–H and O–H groups in total. The number of carbonyl (C=O) groups excluding carboxylic acids is 1. The fraction of sp³-hybridized carbons (Fsp3) is 0.316. The Morgan fingerprint density at radius 3 is 2.59 bits per heavy atom. The van der Waals surface area contributed by atoms with Crippen LogP contribution in [0.1, 0.15) is 17.3 Å². The second-order valence-electron chi connectivity index (χ2n) is 5.35. The van der Waals surface area contributed by atoms with E-state index in [9.17, 15) is 4.79 Å². The molecule has 0 saturated heterocycles. The Labute approximate surface area is 177 Å². The highest BCUT2D eigenvalue weighted by atomic mass is 127. The van der Waals surface area contributed by atoms with Crippen molar-refractivity contribution >= 4 is 35.8 Å². The molecule has 0 aliphatic carbocycles. The molecule has 1 amide bonds. The molecule has 2 aromatic rings. The lowest BCUT2D eigenvalue weighted by Gasteiger charge is -2.12. The molecule has 2 rings (SSSR count). The first kappa shape index (κ1) is 22.7. The SMILES string of the molecule is CCNC(=NCCNC(=O)c1cccnc1)NCCOc1ccccc1.I. The molecule has 0 aliphatic heterocycles. The number of carbonyl (C=O) groups is 1. The number of aromatic nitrogens is 1. The lowest BCUT2D eigenvalue weighted by atomic mass is 10.3. The third-order valence-corrected chi connectivity index (χ3v) is 3.34. The number of guanidine groups is 1. The highest BCUT2D eigenvalue weighted by Gasteiger charge is 2.03. The van der Waals surface area contributed by atoms with Crippen LogP contribution in [0.3, 0.4) is 0 Å². The van der Waals surface area contributed by atoms with Crippen LogP contribution in [0.15, 0.2) is 59.9 Å². The van der Waals surface area contributed by atoms with Gasteiger partial charge in [0.2, 0.25) is 0 Å². The zero-order chi connectivity index (χ0) is 18.5. The lowest BCUT2D eigenvalue weighted by Crippen LogP contribution is -2.40. The van der Waals surface area contributed by atoms with Gasteiger partial charge in [-0.25, -0.2) is 0 Å². The first-order valence-corrected chi connectivity index (χ1v) is 8.68. The van der Waals surface area contributed by atoms with E-state index in [0.29, 0.717) is 37.8 Å². The average Bonchev–Trinajstić information content (AvgIpc) is 2.69. The average molecular weight is 483 g/mol. The number of pyridine rings is 1. The molecule has 8 heteroatoms. The van der Waals surface area contributed by atoms with Crippen molar-refractivity contribution in [2.75, 3.05) is 32.8 Å². The fourth-order valence-corrected chi connectivity index (χ4v) is 2.13. The topological polar surface area (TPSA) is 87.6 Å². The molecule has 146 valence electrons. The minimum Gasteiger partial charge on any atom is -0.492 e. The normalized spacial score (nSPS) is 10.5. The zero-order valence-corrected chi connectivity index (χ0v) is 17.7. The second-order valence-corrected chi connectivity index (χ2v) is 5.35. The summed E-state index contributed by atoms with van der Waals surface area (Å²) in [7, 11) is 0. The molecule has 1 heterocycles. The molecule has 7 nitrogen and oxygen atoms in total. The van der Waals surface area contributed by atoms with Gasteiger partial charge in [-0.15, -0.1) is 24.0 Å². The Balaban J connectivity index is 0.00000364. The van der Waals surface area contributed by atoms with E-state index in [1.807, 2.05) is 37.3 Å². The fourth-order valence-electron chi connectivity index (χ4n) is 2.13. The Morgan fingerprint density at radius 2 is 1.89 bits per heavy atom. The summed E-state index contributed by atoms with van der Waals surface area (Å²) in [4.78, 5) is 20.3. The molecule has 0 bridgehead atoms. The van der Waals surface area contributed by atoms with Gasteiger partial charge in [0.05, 0.1) is 18.7 Å². The second kappa shape index (κ2) is 13.8. The number of aliphatic imine (C=N–C) groups is 1. The first-order chi connectivity index (χ1) is 12.8. The van der Waals surface area contributed by atoms with Gasteiger partial charge in [-0.3, -0.25) is 14.8 Å². The summed E-state index contributed by atoms with van der Waals surface area (Å²) in [6.45, 7) is 4.84. The van der Waals surface area contributed by atoms with Gasteiger partial charge in [0.1, 0.15) is 12.4 Å². The number of ether oxygens (including phenoxy) is 1. The van der Waals surface area contributed by atoms with Crippen molar-refractivity contribution in [3.05, 3.63) is 60.4 Å². The number of hydrogen-bond acceptors (Lipinski definition) is 4. The van der Waals surface area contributed by atoms with Crippen LogP contribution >= 0.6 is 24.0 Å². The van der Waals surface area contributed by atoms with Crippen molar-refractivity contribution in [1.82, 2.24) is 20.9 Å². The maximum absolute atomic E-state index is 11.9. The number of halogens is 1. The first-order valence-electron chi connectivity index (χ1n) is 8.68. The quantitative estimate of drug-likeness (QED) is 0.220. The minimum absolute atomic E-state index is 0. The van der Waals surface area contributed by atoms with Crippen LogP contribution in [0, 0.1) is 0 Å². The lowest BCUT2D eigenvalue weighted by molar-refractivity contribution is 0.0954. The van der Waals surface area contributed by atoms with Crippen LogP contribution in [-0.2, 0) is 0 Å². The molecule has 0 radical (unpaired) electrons. The van der Waals surface area contributed by atoms with Gasteiger partial charge in [0.25, 0.3) is 5.91 Å². The predicted octanol–water partition coefficient (Wildman–Crippen LogP) is 2.06. The van der Waals surface area contributed by atoms with E-state index in [-0.39, 0.29) is 29.9 Å². The van der Waals surface area contributed by atoms with Gasteiger partial charge in [0.15, 0.2) is 5.96 Å². The summed E-state index contributed by atoms with van der Waals surface area (Å²) in [5.74, 6) is 1.39. The Bertz CT molecular complexity index is 683. The molecular weight excluding hydrogens is 457 g/mol. The monoisotopic (exact) mass is 483 g/mol. The molecule has 0 atom stereocenters. The van der Waals surface area contributed by atoms with Gasteiger partial charge < -0.3 is 20.7 Å². The van der Waals surface area contributed by atoms with E-state index in [4.69, 9.17) is 4.74 Å². The van der Waals surface area contributed by atoms with E-state index < -0.39 is 0 Å². The van der Waals surface area contributed by atoms with Crippen molar-refractivity contribution in [1.29, 1.82) is 0 Å². The predicted molar refractivity (Wildman–Crippen MR) is 118 cm³/mol. The summed E-state index contributed by atoms with van der Waals surface area (Å²) in [5.41, 5.74) is 0.541.